The van der Waals surface area contributed by atoms with Crippen LogP contribution >= 0.6 is 0 Å². The molecule has 0 bridgehead atoms. The highest BCUT2D eigenvalue weighted by Gasteiger charge is 2.01. The Morgan fingerprint density at radius 2 is 1.81 bits per heavy atom. The second kappa shape index (κ2) is 17.4. The Hall–Kier alpha value is -2.45. The normalized spacial score (nSPS) is 9.42. The number of esters is 1. The van der Waals surface area contributed by atoms with Crippen LogP contribution in [-0.4, -0.2) is 23.2 Å². The van der Waals surface area contributed by atoms with E-state index in [1.165, 1.54) is 50.7 Å². The first kappa shape index (κ1) is 23.5. The minimum absolute atomic E-state index is 0.0455. The first-order valence-corrected chi connectivity index (χ1v) is 9.28. The number of carbonyl (C=O) groups excluding carboxylic acids is 1. The van der Waals surface area contributed by atoms with Gasteiger partial charge in [0.15, 0.2) is 0 Å². The highest BCUT2D eigenvalue weighted by atomic mass is 16.5. The Morgan fingerprint density at radius 3 is 2.27 bits per heavy atom. The van der Waals surface area contributed by atoms with E-state index in [9.17, 15) is 4.79 Å². The van der Waals surface area contributed by atoms with Crippen molar-refractivity contribution in [1.29, 1.82) is 5.26 Å². The molecule has 7 nitrogen and oxygen atoms in total. The summed E-state index contributed by atoms with van der Waals surface area (Å²) in [6, 6.07) is 1.28. The zero-order valence-electron chi connectivity index (χ0n) is 16.1. The van der Waals surface area contributed by atoms with Crippen LogP contribution in [0.4, 0.5) is 0 Å². The number of nitrogens with zero attached hydrogens (tertiary/aromatic N) is 5. The van der Waals surface area contributed by atoms with Crippen molar-refractivity contribution in [3.8, 4) is 6.19 Å². The average Bonchev–Trinajstić information content (AvgIpc) is 3.03. The minimum atomic E-state index is -0.0455. The van der Waals surface area contributed by atoms with Crippen LogP contribution in [0.1, 0.15) is 64.7 Å². The number of nitriles is 1. The number of hydrogen-bond acceptors (Lipinski definition) is 4. The lowest BCUT2D eigenvalue weighted by Crippen LogP contribution is -2.23. The molecule has 0 aromatic carbocycles. The molecule has 1 aromatic rings. The first-order valence-electron chi connectivity index (χ1n) is 9.28. The number of carbonyl (C=O) groups is 1. The summed E-state index contributed by atoms with van der Waals surface area (Å²) in [6.07, 6.45) is 18.1. The molecular formula is C19H31N5O2. The number of aryl methyl sites for hydroxylation is 2. The fourth-order valence-electron chi connectivity index (χ4n) is 2.51. The van der Waals surface area contributed by atoms with Crippen LogP contribution < -0.4 is 4.57 Å². The fraction of sp³-hybridized carbons (Fsp3) is 0.684. The molecule has 0 saturated carbocycles. The molecule has 0 radical (unpaired) electrons. The molecule has 0 N–H and O–H groups in total. The molecule has 1 rings (SSSR count). The standard InChI is InChI=1S/C17H31N2O2.C2N3/c1-3-21-17(20)12-10-8-6-4-5-7-9-11-13-19-15-14-18(2)16-19;3-1-5-2-4/h14-16H,3-13H2,1-2H3;/q+1;-1. The van der Waals surface area contributed by atoms with Crippen LogP contribution in [0.3, 0.4) is 0 Å². The van der Waals surface area contributed by atoms with Crippen LogP contribution in [0.2, 0.25) is 0 Å². The molecule has 0 fully saturated rings. The summed E-state index contributed by atoms with van der Waals surface area (Å²) in [6.45, 7) is 3.48. The topological polar surface area (TPSA) is 93.6 Å². The third kappa shape index (κ3) is 15.1. The summed E-state index contributed by atoms with van der Waals surface area (Å²) in [4.78, 5) is 13.7. The lowest BCUT2D eigenvalue weighted by atomic mass is 10.1. The Labute approximate surface area is 156 Å². The quantitative estimate of drug-likeness (QED) is 0.187. The maximum atomic E-state index is 11.1. The van der Waals surface area contributed by atoms with E-state index in [2.05, 4.69) is 39.9 Å². The van der Waals surface area contributed by atoms with Crippen LogP contribution in [0.25, 0.3) is 5.41 Å². The van der Waals surface area contributed by atoms with Crippen molar-refractivity contribution >= 4 is 12.0 Å². The van der Waals surface area contributed by atoms with Gasteiger partial charge in [-0.1, -0.05) is 32.1 Å². The molecule has 0 aliphatic carbocycles. The average molecular weight is 361 g/mol. The van der Waals surface area contributed by atoms with Crippen LogP contribution in [-0.2, 0) is 23.1 Å². The van der Waals surface area contributed by atoms with E-state index in [4.69, 9.17) is 15.4 Å². The number of aliphatic imine (C=N–C) groups is 1. The zero-order valence-corrected chi connectivity index (χ0v) is 16.1. The Kier molecular flexibility index (Phi) is 15.7. The maximum absolute atomic E-state index is 11.1. The number of rotatable bonds is 12. The van der Waals surface area contributed by atoms with Gasteiger partial charge in [-0.15, -0.1) is 6.01 Å². The zero-order chi connectivity index (χ0) is 19.5. The smallest absolute Gasteiger partial charge is 0.305 e. The summed E-state index contributed by atoms with van der Waals surface area (Å²) in [5, 5.41) is 14.9. The van der Waals surface area contributed by atoms with Crippen molar-refractivity contribution in [3.63, 3.8) is 0 Å². The van der Waals surface area contributed by atoms with E-state index in [1.54, 1.807) is 0 Å². The molecule has 0 saturated heterocycles. The van der Waals surface area contributed by atoms with Gasteiger partial charge in [-0.3, -0.25) is 4.79 Å². The predicted molar refractivity (Wildman–Crippen MR) is 100 cm³/mol. The summed E-state index contributed by atoms with van der Waals surface area (Å²) in [7, 11) is 2.05. The molecule has 0 atom stereocenters. The lowest BCUT2D eigenvalue weighted by Gasteiger charge is -2.02. The van der Waals surface area contributed by atoms with Crippen LogP contribution in [0.15, 0.2) is 23.7 Å². The number of ether oxygens (including phenoxy) is 1. The highest BCUT2D eigenvalue weighted by molar-refractivity contribution is 5.69. The van der Waals surface area contributed by atoms with Crippen LogP contribution in [0, 0.1) is 11.5 Å². The molecule has 144 valence electrons. The minimum Gasteiger partial charge on any atom is -0.466 e. The summed E-state index contributed by atoms with van der Waals surface area (Å²) in [5.41, 5.74) is 0. The van der Waals surface area contributed by atoms with Crippen LogP contribution in [0.5, 0.6) is 0 Å². The highest BCUT2D eigenvalue weighted by Crippen LogP contribution is 2.10. The third-order valence-electron chi connectivity index (χ3n) is 3.78. The monoisotopic (exact) mass is 361 g/mol. The molecule has 0 aliphatic heterocycles. The number of aromatic nitrogens is 2. The van der Waals surface area contributed by atoms with Gasteiger partial charge in [0, 0.05) is 6.42 Å². The second-order valence-electron chi connectivity index (χ2n) is 6.01. The van der Waals surface area contributed by atoms with Gasteiger partial charge < -0.3 is 15.1 Å². The Balaban J connectivity index is 0.00000110. The van der Waals surface area contributed by atoms with Gasteiger partial charge in [0.1, 0.15) is 12.4 Å². The molecular weight excluding hydrogens is 330 g/mol. The van der Waals surface area contributed by atoms with Gasteiger partial charge in [-0.2, -0.15) is 5.26 Å². The number of imidazole rings is 1. The molecule has 0 unspecified atom stereocenters. The van der Waals surface area contributed by atoms with Gasteiger partial charge in [0.05, 0.1) is 26.4 Å². The molecule has 0 spiro atoms. The predicted octanol–water partition coefficient (Wildman–Crippen LogP) is 3.60. The summed E-state index contributed by atoms with van der Waals surface area (Å²) >= 11 is 0. The van der Waals surface area contributed by atoms with Crippen molar-refractivity contribution in [1.82, 2.24) is 4.57 Å². The summed E-state index contributed by atoms with van der Waals surface area (Å²) in [5.74, 6) is -0.0455. The molecule has 7 heteroatoms. The molecule has 26 heavy (non-hydrogen) atoms. The third-order valence-corrected chi connectivity index (χ3v) is 3.78. The molecule has 1 heterocycles. The lowest BCUT2D eigenvalue weighted by molar-refractivity contribution is -0.671. The van der Waals surface area contributed by atoms with E-state index in [1.807, 2.05) is 6.92 Å². The van der Waals surface area contributed by atoms with Crippen molar-refractivity contribution in [2.45, 2.75) is 71.3 Å². The maximum Gasteiger partial charge on any atom is 0.305 e. The summed E-state index contributed by atoms with van der Waals surface area (Å²) < 4.78 is 9.23. The molecule has 0 aliphatic rings. The van der Waals surface area contributed by atoms with E-state index in [0.717, 1.165) is 19.4 Å². The Bertz CT molecular complexity index is 571. The van der Waals surface area contributed by atoms with E-state index < -0.39 is 0 Å². The van der Waals surface area contributed by atoms with Gasteiger partial charge in [-0.25, -0.2) is 9.13 Å². The second-order valence-corrected chi connectivity index (χ2v) is 6.01. The van der Waals surface area contributed by atoms with Gasteiger partial charge in [-0.05, 0) is 26.2 Å². The van der Waals surface area contributed by atoms with Gasteiger partial charge in [0.2, 0.25) is 6.33 Å². The number of hydrogen-bond donors (Lipinski definition) is 0. The number of unbranched alkanes of at least 4 members (excludes halogenated alkanes) is 7. The molecule has 0 amide bonds. The largest absolute Gasteiger partial charge is 0.466 e. The van der Waals surface area contributed by atoms with Gasteiger partial charge >= 0.3 is 5.97 Å². The molecule has 1 aromatic heterocycles. The van der Waals surface area contributed by atoms with Crippen molar-refractivity contribution in [2.24, 2.45) is 12.0 Å². The van der Waals surface area contributed by atoms with E-state index in [0.29, 0.717) is 13.0 Å². The van der Waals surface area contributed by atoms with Crippen molar-refractivity contribution < 1.29 is 14.1 Å². The Morgan fingerprint density at radius 1 is 1.19 bits per heavy atom. The SMILES string of the molecule is CCOC(=O)CCCCCCCCCCn1cc[n+](C)c1.N#CN=C=[N-]. The van der Waals surface area contributed by atoms with Gasteiger partial charge in [0.25, 0.3) is 0 Å². The van der Waals surface area contributed by atoms with E-state index in [-0.39, 0.29) is 5.97 Å². The van der Waals surface area contributed by atoms with E-state index >= 15 is 0 Å². The van der Waals surface area contributed by atoms with Crippen molar-refractivity contribution in [2.75, 3.05) is 6.61 Å². The fourth-order valence-corrected chi connectivity index (χ4v) is 2.51. The van der Waals surface area contributed by atoms with Crippen molar-refractivity contribution in [3.05, 3.63) is 24.1 Å². The first-order chi connectivity index (χ1) is 12.6.